The van der Waals surface area contributed by atoms with E-state index in [-0.39, 0.29) is 54.5 Å². The minimum atomic E-state index is -0.714. The van der Waals surface area contributed by atoms with Crippen LogP contribution < -0.4 is 11.1 Å². The van der Waals surface area contributed by atoms with E-state index in [2.05, 4.69) is 10.3 Å². The molecule has 3 rings (SSSR count). The van der Waals surface area contributed by atoms with Gasteiger partial charge in [-0.2, -0.15) is 0 Å². The van der Waals surface area contributed by atoms with Crippen molar-refractivity contribution in [2.24, 2.45) is 11.7 Å². The maximum atomic E-state index is 13.8. The summed E-state index contributed by atoms with van der Waals surface area (Å²) in [5.74, 6) is -0.462. The van der Waals surface area contributed by atoms with Gasteiger partial charge >= 0.3 is 0 Å². The van der Waals surface area contributed by atoms with Crippen LogP contribution >= 0.6 is 24.8 Å². The smallest absolute Gasteiger partial charge is 0.220 e. The number of benzene rings is 1. The molecule has 1 amide bonds. The molecule has 0 saturated heterocycles. The Balaban J connectivity index is 0.00000210. The number of nitrogens with zero attached hydrogens (tertiary/aromatic N) is 1. The lowest BCUT2D eigenvalue weighted by molar-refractivity contribution is -0.122. The quantitative estimate of drug-likeness (QED) is 0.655. The Morgan fingerprint density at radius 3 is 2.62 bits per heavy atom. The number of hydrogen-bond acceptors (Lipinski definition) is 4. The lowest BCUT2D eigenvalue weighted by Gasteiger charge is -2.30. The highest BCUT2D eigenvalue weighted by atomic mass is 35.5. The van der Waals surface area contributed by atoms with E-state index in [1.165, 1.54) is 31.5 Å². The summed E-state index contributed by atoms with van der Waals surface area (Å²) < 4.78 is 32.3. The monoisotopic (exact) mass is 449 g/mol. The van der Waals surface area contributed by atoms with Crippen LogP contribution in [0.2, 0.25) is 0 Å². The van der Waals surface area contributed by atoms with E-state index in [9.17, 15) is 13.6 Å². The fourth-order valence-corrected chi connectivity index (χ4v) is 3.64. The average Bonchev–Trinajstić information content (AvgIpc) is 3.14. The zero-order valence-corrected chi connectivity index (χ0v) is 17.7. The lowest BCUT2D eigenvalue weighted by atomic mass is 9.84. The second-order valence-corrected chi connectivity index (χ2v) is 7.05. The zero-order chi connectivity index (χ0) is 19.2. The molecule has 1 aliphatic rings. The molecule has 1 aliphatic carbocycles. The van der Waals surface area contributed by atoms with Crippen LogP contribution in [0.15, 0.2) is 28.8 Å². The molecule has 9 heteroatoms. The van der Waals surface area contributed by atoms with Gasteiger partial charge < -0.3 is 15.5 Å². The Kier molecular flexibility index (Phi) is 10.6. The number of halogens is 4. The normalized spacial score (nSPS) is 15.1. The minimum absolute atomic E-state index is 0. The number of carbonyl (C=O) groups excluding carboxylic acids is 1. The van der Waals surface area contributed by atoms with E-state index < -0.39 is 11.6 Å². The first kappa shape index (κ1) is 25.3. The summed E-state index contributed by atoms with van der Waals surface area (Å²) in [6.07, 6.45) is 7.75. The second kappa shape index (κ2) is 12.1. The SMILES string of the molecule is Cl.Cl.NCC(NC(=O)CCc1ncc(-c2ccc(F)cc2F)o1)C1CCCCC1. The van der Waals surface area contributed by atoms with Crippen LogP contribution in [0.25, 0.3) is 11.3 Å². The van der Waals surface area contributed by atoms with Crippen molar-refractivity contribution in [3.8, 4) is 11.3 Å². The largest absolute Gasteiger partial charge is 0.441 e. The van der Waals surface area contributed by atoms with E-state index in [0.29, 0.717) is 24.8 Å². The molecule has 0 aliphatic heterocycles. The van der Waals surface area contributed by atoms with Gasteiger partial charge in [0.05, 0.1) is 11.8 Å². The van der Waals surface area contributed by atoms with Crippen molar-refractivity contribution in [1.29, 1.82) is 0 Å². The molecule has 0 bridgehead atoms. The number of nitrogens with one attached hydrogen (secondary N) is 1. The van der Waals surface area contributed by atoms with Crippen LogP contribution in [0.4, 0.5) is 8.78 Å². The Morgan fingerprint density at radius 1 is 1.24 bits per heavy atom. The molecule has 0 spiro atoms. The van der Waals surface area contributed by atoms with Gasteiger partial charge in [0.15, 0.2) is 11.7 Å². The van der Waals surface area contributed by atoms with Crippen LogP contribution in [0.5, 0.6) is 0 Å². The molecular formula is C20H27Cl2F2N3O2. The summed E-state index contributed by atoms with van der Waals surface area (Å²) in [4.78, 5) is 16.3. The third-order valence-electron chi connectivity index (χ3n) is 5.14. The zero-order valence-electron chi connectivity index (χ0n) is 16.0. The van der Waals surface area contributed by atoms with Gasteiger partial charge in [-0.05, 0) is 30.9 Å². The van der Waals surface area contributed by atoms with Crippen molar-refractivity contribution in [2.75, 3.05) is 6.54 Å². The van der Waals surface area contributed by atoms with Gasteiger partial charge in [0.1, 0.15) is 11.6 Å². The number of aryl methyl sites for hydroxylation is 1. The van der Waals surface area contributed by atoms with Gasteiger partial charge in [0.2, 0.25) is 5.91 Å². The van der Waals surface area contributed by atoms with Gasteiger partial charge in [0, 0.05) is 31.5 Å². The molecule has 1 heterocycles. The first-order valence-electron chi connectivity index (χ1n) is 9.46. The van der Waals surface area contributed by atoms with Crippen LogP contribution in [0.3, 0.4) is 0 Å². The van der Waals surface area contributed by atoms with Gasteiger partial charge in [-0.25, -0.2) is 13.8 Å². The number of amides is 1. The number of carbonyl (C=O) groups is 1. The van der Waals surface area contributed by atoms with E-state index in [4.69, 9.17) is 10.2 Å². The number of rotatable bonds is 7. The van der Waals surface area contributed by atoms with Crippen molar-refractivity contribution in [3.63, 3.8) is 0 Å². The predicted octanol–water partition coefficient (Wildman–Crippen LogP) is 4.42. The summed E-state index contributed by atoms with van der Waals surface area (Å²) in [5.41, 5.74) is 5.98. The molecule has 1 saturated carbocycles. The van der Waals surface area contributed by atoms with Crippen molar-refractivity contribution < 1.29 is 18.0 Å². The number of oxazole rings is 1. The lowest BCUT2D eigenvalue weighted by Crippen LogP contribution is -2.46. The van der Waals surface area contributed by atoms with Crippen molar-refractivity contribution in [1.82, 2.24) is 10.3 Å². The first-order chi connectivity index (χ1) is 13.1. The molecule has 2 aromatic rings. The highest BCUT2D eigenvalue weighted by molar-refractivity contribution is 5.85. The van der Waals surface area contributed by atoms with Gasteiger partial charge in [-0.3, -0.25) is 4.79 Å². The molecule has 1 aromatic carbocycles. The highest BCUT2D eigenvalue weighted by Crippen LogP contribution is 2.27. The predicted molar refractivity (Wildman–Crippen MR) is 112 cm³/mol. The maximum absolute atomic E-state index is 13.8. The van der Waals surface area contributed by atoms with Crippen LogP contribution in [0.1, 0.15) is 44.4 Å². The molecule has 29 heavy (non-hydrogen) atoms. The molecule has 0 radical (unpaired) electrons. The van der Waals surface area contributed by atoms with Crippen LogP contribution in [-0.2, 0) is 11.2 Å². The molecule has 1 aromatic heterocycles. The van der Waals surface area contributed by atoms with E-state index >= 15 is 0 Å². The third-order valence-corrected chi connectivity index (χ3v) is 5.14. The Hall–Kier alpha value is -1.70. The molecular weight excluding hydrogens is 423 g/mol. The first-order valence-corrected chi connectivity index (χ1v) is 9.46. The Bertz CT molecular complexity index is 783. The highest BCUT2D eigenvalue weighted by Gasteiger charge is 2.24. The molecule has 1 atom stereocenters. The number of aromatic nitrogens is 1. The second-order valence-electron chi connectivity index (χ2n) is 7.05. The molecule has 3 N–H and O–H groups in total. The summed E-state index contributed by atoms with van der Waals surface area (Å²) in [7, 11) is 0. The summed E-state index contributed by atoms with van der Waals surface area (Å²) in [5, 5.41) is 3.03. The van der Waals surface area contributed by atoms with E-state index in [1.807, 2.05) is 0 Å². The Labute approximate surface area is 181 Å². The number of nitrogens with two attached hydrogens (primary N) is 1. The van der Waals surface area contributed by atoms with Crippen molar-refractivity contribution >= 4 is 30.7 Å². The molecule has 162 valence electrons. The van der Waals surface area contributed by atoms with Gasteiger partial charge in [-0.1, -0.05) is 19.3 Å². The average molecular weight is 450 g/mol. The van der Waals surface area contributed by atoms with Crippen LogP contribution in [0, 0.1) is 17.6 Å². The summed E-state index contributed by atoms with van der Waals surface area (Å²) in [6, 6.07) is 3.26. The third kappa shape index (κ3) is 6.94. The Morgan fingerprint density at radius 2 is 1.97 bits per heavy atom. The fourth-order valence-electron chi connectivity index (χ4n) is 3.64. The van der Waals surface area contributed by atoms with Crippen molar-refractivity contribution in [2.45, 2.75) is 51.0 Å². The summed E-state index contributed by atoms with van der Waals surface area (Å²) >= 11 is 0. The van der Waals surface area contributed by atoms with Crippen molar-refractivity contribution in [3.05, 3.63) is 41.9 Å². The molecule has 1 unspecified atom stereocenters. The van der Waals surface area contributed by atoms with Gasteiger partial charge in [-0.15, -0.1) is 24.8 Å². The van der Waals surface area contributed by atoms with Gasteiger partial charge in [0.25, 0.3) is 0 Å². The summed E-state index contributed by atoms with van der Waals surface area (Å²) in [6.45, 7) is 0.434. The van der Waals surface area contributed by atoms with E-state index in [0.717, 1.165) is 25.0 Å². The maximum Gasteiger partial charge on any atom is 0.220 e. The topological polar surface area (TPSA) is 81.1 Å². The standard InChI is InChI=1S/C20H25F2N3O2.2ClH/c21-14-6-7-15(16(22)10-14)18-12-24-20(27-18)9-8-19(26)25-17(11-23)13-4-2-1-3-5-13;;/h6-7,10,12-13,17H,1-5,8-9,11,23H2,(H,25,26);2*1H. The molecule has 5 nitrogen and oxygen atoms in total. The number of hydrogen-bond donors (Lipinski definition) is 2. The molecule has 1 fully saturated rings. The minimum Gasteiger partial charge on any atom is -0.441 e. The van der Waals surface area contributed by atoms with Crippen LogP contribution in [-0.4, -0.2) is 23.5 Å². The fraction of sp³-hybridized carbons (Fsp3) is 0.500. The van der Waals surface area contributed by atoms with E-state index in [1.54, 1.807) is 0 Å².